The highest BCUT2D eigenvalue weighted by molar-refractivity contribution is 9.10. The number of benzene rings is 1. The molecule has 0 atom stereocenters. The maximum atomic E-state index is 12.3. The molecule has 0 bridgehead atoms. The Labute approximate surface area is 139 Å². The van der Waals surface area contributed by atoms with Crippen LogP contribution in [0.3, 0.4) is 0 Å². The molecule has 0 amide bonds. The van der Waals surface area contributed by atoms with E-state index in [4.69, 9.17) is 14.8 Å². The molecule has 0 heterocycles. The zero-order valence-corrected chi connectivity index (χ0v) is 15.8. The number of hydrogen-bond donors (Lipinski definition) is 1. The Hall–Kier alpha value is -0.0000000000000000208. The average molecular weight is 396 g/mol. The summed E-state index contributed by atoms with van der Waals surface area (Å²) in [4.78, 5) is 1.07. The molecule has 21 heavy (non-hydrogen) atoms. The average Bonchev–Trinajstić information content (AvgIpc) is 2.42. The van der Waals surface area contributed by atoms with Crippen LogP contribution in [0.1, 0.15) is 26.7 Å². The zero-order valence-electron chi connectivity index (χ0n) is 12.5. The van der Waals surface area contributed by atoms with Gasteiger partial charge in [0, 0.05) is 15.1 Å². The van der Waals surface area contributed by atoms with Crippen LogP contribution in [0.2, 0.25) is 0 Å². The lowest BCUT2D eigenvalue weighted by Crippen LogP contribution is -2.00. The molecular weight excluding hydrogens is 373 g/mol. The molecule has 1 aromatic carbocycles. The van der Waals surface area contributed by atoms with Gasteiger partial charge in [-0.25, -0.2) is 0 Å². The minimum atomic E-state index is -2.89. The molecule has 0 spiro atoms. The minimum absolute atomic E-state index is 0.417. The van der Waals surface area contributed by atoms with Crippen molar-refractivity contribution < 1.29 is 13.6 Å². The van der Waals surface area contributed by atoms with E-state index in [9.17, 15) is 4.57 Å². The largest absolute Gasteiger partial charge is 0.398 e. The monoisotopic (exact) mass is 395 g/mol. The van der Waals surface area contributed by atoms with E-state index in [1.165, 1.54) is 0 Å². The highest BCUT2D eigenvalue weighted by Crippen LogP contribution is 2.48. The summed E-state index contributed by atoms with van der Waals surface area (Å²) in [6.45, 7) is 4.50. The summed E-state index contributed by atoms with van der Waals surface area (Å²) in [5, 5.41) is 0. The second-order valence-corrected chi connectivity index (χ2v) is 8.65. The fourth-order valence-electron chi connectivity index (χ4n) is 1.78. The van der Waals surface area contributed by atoms with Crippen LogP contribution in [0, 0.1) is 0 Å². The quantitative estimate of drug-likeness (QED) is 0.256. The number of anilines is 1. The SMILES string of the molecule is CCOP(=O)(CCCCSc1cc(Br)ccc1N)OCC. The molecule has 0 unspecified atom stereocenters. The van der Waals surface area contributed by atoms with Crippen LogP contribution >= 0.6 is 35.3 Å². The first kappa shape index (κ1) is 19.0. The van der Waals surface area contributed by atoms with Crippen LogP contribution in [0.4, 0.5) is 5.69 Å². The van der Waals surface area contributed by atoms with E-state index in [0.29, 0.717) is 19.4 Å². The van der Waals surface area contributed by atoms with Gasteiger partial charge in [0.15, 0.2) is 0 Å². The number of nitrogens with two attached hydrogens (primary N) is 1. The fourth-order valence-corrected chi connectivity index (χ4v) is 5.04. The molecule has 0 fully saturated rings. The lowest BCUT2D eigenvalue weighted by atomic mass is 10.3. The number of hydrogen-bond acceptors (Lipinski definition) is 5. The van der Waals surface area contributed by atoms with Crippen LogP contribution in [0.15, 0.2) is 27.6 Å². The third-order valence-electron chi connectivity index (χ3n) is 2.71. The maximum absolute atomic E-state index is 12.3. The Bertz CT molecular complexity index is 477. The summed E-state index contributed by atoms with van der Waals surface area (Å²) >= 11 is 5.15. The van der Waals surface area contributed by atoms with Gasteiger partial charge >= 0.3 is 7.60 Å². The summed E-state index contributed by atoms with van der Waals surface area (Å²) < 4.78 is 23.8. The van der Waals surface area contributed by atoms with E-state index in [0.717, 1.165) is 33.7 Å². The molecule has 1 rings (SSSR count). The second-order valence-electron chi connectivity index (χ2n) is 4.41. The van der Waals surface area contributed by atoms with Crippen molar-refractivity contribution in [3.8, 4) is 0 Å². The van der Waals surface area contributed by atoms with Gasteiger partial charge in [-0.2, -0.15) is 0 Å². The van der Waals surface area contributed by atoms with Crippen molar-refractivity contribution in [2.24, 2.45) is 0 Å². The maximum Gasteiger partial charge on any atom is 0.330 e. The van der Waals surface area contributed by atoms with Gasteiger partial charge in [-0.1, -0.05) is 15.9 Å². The molecule has 0 saturated carbocycles. The number of rotatable bonds is 10. The van der Waals surface area contributed by atoms with Crippen molar-refractivity contribution in [1.29, 1.82) is 0 Å². The van der Waals surface area contributed by atoms with Gasteiger partial charge in [0.25, 0.3) is 0 Å². The Balaban J connectivity index is 2.33. The Kier molecular flexibility index (Phi) is 8.98. The van der Waals surface area contributed by atoms with E-state index in [1.807, 2.05) is 32.0 Å². The van der Waals surface area contributed by atoms with Gasteiger partial charge < -0.3 is 14.8 Å². The van der Waals surface area contributed by atoms with Gasteiger partial charge in [0.2, 0.25) is 0 Å². The molecule has 4 nitrogen and oxygen atoms in total. The summed E-state index contributed by atoms with van der Waals surface area (Å²) in [5.74, 6) is 0.929. The predicted molar refractivity (Wildman–Crippen MR) is 94.2 cm³/mol. The fraction of sp³-hybridized carbons (Fsp3) is 0.571. The molecule has 0 aliphatic heterocycles. The van der Waals surface area contributed by atoms with E-state index in [2.05, 4.69) is 15.9 Å². The van der Waals surface area contributed by atoms with Crippen LogP contribution < -0.4 is 5.73 Å². The molecule has 7 heteroatoms. The summed E-state index contributed by atoms with van der Waals surface area (Å²) in [6, 6.07) is 5.84. The molecule has 0 aliphatic carbocycles. The Morgan fingerprint density at radius 1 is 1.24 bits per heavy atom. The number of thioether (sulfide) groups is 1. The normalized spacial score (nSPS) is 11.8. The van der Waals surface area contributed by atoms with Gasteiger partial charge in [0.1, 0.15) is 0 Å². The topological polar surface area (TPSA) is 61.5 Å². The third-order valence-corrected chi connectivity index (χ3v) is 6.53. The lowest BCUT2D eigenvalue weighted by molar-refractivity contribution is 0.219. The molecule has 2 N–H and O–H groups in total. The molecular formula is C14H23BrNO3PS. The van der Waals surface area contributed by atoms with Crippen molar-refractivity contribution in [2.45, 2.75) is 31.6 Å². The predicted octanol–water partition coefficient (Wildman–Crippen LogP) is 5.17. The third kappa shape index (κ3) is 7.20. The first-order valence-corrected chi connectivity index (χ1v) is 10.6. The number of unbranched alkanes of at least 4 members (excludes halogenated alkanes) is 1. The van der Waals surface area contributed by atoms with Crippen LogP contribution in [0.25, 0.3) is 0 Å². The smallest absolute Gasteiger partial charge is 0.330 e. The minimum Gasteiger partial charge on any atom is -0.398 e. The Morgan fingerprint density at radius 3 is 2.52 bits per heavy atom. The molecule has 0 aliphatic rings. The van der Waals surface area contributed by atoms with Crippen LogP contribution in [0.5, 0.6) is 0 Å². The van der Waals surface area contributed by atoms with Crippen molar-refractivity contribution >= 4 is 41.0 Å². The second kappa shape index (κ2) is 9.90. The van der Waals surface area contributed by atoms with Crippen molar-refractivity contribution in [3.63, 3.8) is 0 Å². The standard InChI is InChI=1S/C14H23BrNO3PS/c1-3-18-20(17,19-4-2)9-5-6-10-21-14-11-12(15)7-8-13(14)16/h7-8,11H,3-6,9-10,16H2,1-2H3. The van der Waals surface area contributed by atoms with Gasteiger partial charge in [-0.3, -0.25) is 4.57 Å². The summed E-state index contributed by atoms with van der Waals surface area (Å²) in [6.07, 6.45) is 2.24. The zero-order chi connectivity index (χ0) is 15.7. The van der Waals surface area contributed by atoms with Gasteiger partial charge in [0.05, 0.1) is 19.4 Å². The van der Waals surface area contributed by atoms with Gasteiger partial charge in [-0.05, 0) is 50.6 Å². The van der Waals surface area contributed by atoms with Crippen LogP contribution in [-0.4, -0.2) is 25.1 Å². The first-order chi connectivity index (χ1) is 10.0. The number of nitrogen functional groups attached to an aromatic ring is 1. The molecule has 0 saturated heterocycles. The lowest BCUT2D eigenvalue weighted by Gasteiger charge is -2.16. The molecule has 0 aromatic heterocycles. The Morgan fingerprint density at radius 2 is 1.90 bits per heavy atom. The highest BCUT2D eigenvalue weighted by atomic mass is 79.9. The molecule has 1 aromatic rings. The van der Waals surface area contributed by atoms with E-state index in [1.54, 1.807) is 11.8 Å². The molecule has 0 radical (unpaired) electrons. The summed E-state index contributed by atoms with van der Waals surface area (Å²) in [5.41, 5.74) is 6.72. The van der Waals surface area contributed by atoms with Crippen LogP contribution in [-0.2, 0) is 13.6 Å². The van der Waals surface area contributed by atoms with Gasteiger partial charge in [-0.15, -0.1) is 11.8 Å². The highest BCUT2D eigenvalue weighted by Gasteiger charge is 2.22. The van der Waals surface area contributed by atoms with Crippen molar-refractivity contribution in [3.05, 3.63) is 22.7 Å². The van der Waals surface area contributed by atoms with E-state index < -0.39 is 7.60 Å². The number of halogens is 1. The van der Waals surface area contributed by atoms with E-state index in [-0.39, 0.29) is 0 Å². The van der Waals surface area contributed by atoms with Crippen molar-refractivity contribution in [1.82, 2.24) is 0 Å². The molecule has 120 valence electrons. The first-order valence-electron chi connectivity index (χ1n) is 7.06. The van der Waals surface area contributed by atoms with E-state index >= 15 is 0 Å². The summed E-state index contributed by atoms with van der Waals surface area (Å²) in [7, 11) is -2.89. The van der Waals surface area contributed by atoms with Crippen molar-refractivity contribution in [2.75, 3.05) is 30.9 Å².